The summed E-state index contributed by atoms with van der Waals surface area (Å²) in [5.74, 6) is -0.468. The number of esters is 1. The Morgan fingerprint density at radius 3 is 2.89 bits per heavy atom. The second-order valence-corrected chi connectivity index (χ2v) is 1.21. The third-order valence-electron chi connectivity index (χ3n) is 0.576. The first kappa shape index (κ1) is 7.73. The minimum Gasteiger partial charge on any atom is -0.423 e. The third-order valence-corrected chi connectivity index (χ3v) is 0.576. The molecular formula is C7H8O2. The van der Waals surface area contributed by atoms with Crippen molar-refractivity contribution < 1.29 is 9.53 Å². The normalized spacial score (nSPS) is 6.78. The molecule has 0 bridgehead atoms. The van der Waals surface area contributed by atoms with E-state index in [4.69, 9.17) is 0 Å². The minimum absolute atomic E-state index is 0.468. The Morgan fingerprint density at radius 2 is 2.44 bits per heavy atom. The second-order valence-electron chi connectivity index (χ2n) is 1.21. The summed E-state index contributed by atoms with van der Waals surface area (Å²) >= 11 is 0. The Kier molecular flexibility index (Phi) is 4.19. The molecule has 0 saturated heterocycles. The topological polar surface area (TPSA) is 26.3 Å². The van der Waals surface area contributed by atoms with Gasteiger partial charge in [0.2, 0.25) is 0 Å². The van der Waals surface area contributed by atoms with Gasteiger partial charge in [0.1, 0.15) is 6.26 Å². The average molecular weight is 124 g/mol. The predicted octanol–water partition coefficient (Wildman–Crippen LogP) is 1.40. The second kappa shape index (κ2) is 4.88. The van der Waals surface area contributed by atoms with Gasteiger partial charge in [-0.2, -0.15) is 0 Å². The predicted molar refractivity (Wildman–Crippen MR) is 34.6 cm³/mol. The van der Waals surface area contributed by atoms with Gasteiger partial charge in [-0.3, -0.25) is 0 Å². The molecule has 0 fully saturated rings. The van der Waals surface area contributed by atoms with Crippen molar-refractivity contribution in [2.75, 3.05) is 0 Å². The number of hydrogen-bond donors (Lipinski definition) is 0. The van der Waals surface area contributed by atoms with E-state index in [0.717, 1.165) is 6.08 Å². The van der Waals surface area contributed by atoms with Gasteiger partial charge in [0.25, 0.3) is 0 Å². The summed E-state index contributed by atoms with van der Waals surface area (Å²) < 4.78 is 4.41. The fraction of sp³-hybridized carbons (Fsp3) is 0.143. The molecule has 0 aromatic rings. The van der Waals surface area contributed by atoms with Gasteiger partial charge in [-0.05, 0) is 13.0 Å². The number of rotatable bonds is 2. The van der Waals surface area contributed by atoms with Crippen LogP contribution in [0.25, 0.3) is 0 Å². The number of allylic oxidation sites excluding steroid dienone is 1. The Bertz CT molecular complexity index is 162. The van der Waals surface area contributed by atoms with Crippen LogP contribution in [0.5, 0.6) is 0 Å². The lowest BCUT2D eigenvalue weighted by molar-refractivity contribution is -0.132. The molecule has 0 aliphatic rings. The van der Waals surface area contributed by atoms with Crippen LogP contribution in [0.15, 0.2) is 30.7 Å². The summed E-state index contributed by atoms with van der Waals surface area (Å²) in [5, 5.41) is 0. The van der Waals surface area contributed by atoms with Crippen LogP contribution >= 0.6 is 0 Å². The van der Waals surface area contributed by atoms with Gasteiger partial charge in [0.05, 0.1) is 0 Å². The monoisotopic (exact) mass is 124 g/mol. The molecule has 0 aromatic heterocycles. The maximum Gasteiger partial charge on any atom is 0.335 e. The molecule has 0 aliphatic carbocycles. The highest BCUT2D eigenvalue weighted by Gasteiger charge is 1.85. The molecule has 0 heterocycles. The van der Waals surface area contributed by atoms with Crippen molar-refractivity contribution in [2.45, 2.75) is 6.92 Å². The molecule has 48 valence electrons. The summed E-state index contributed by atoms with van der Waals surface area (Å²) in [5.41, 5.74) is 2.57. The third kappa shape index (κ3) is 4.59. The lowest BCUT2D eigenvalue weighted by Crippen LogP contribution is -1.90. The van der Waals surface area contributed by atoms with E-state index in [1.807, 2.05) is 0 Å². The first-order chi connectivity index (χ1) is 4.31. The highest BCUT2D eigenvalue weighted by atomic mass is 16.5. The van der Waals surface area contributed by atoms with Gasteiger partial charge in [0, 0.05) is 6.08 Å². The van der Waals surface area contributed by atoms with Crippen LogP contribution in [-0.4, -0.2) is 5.97 Å². The molecule has 2 heteroatoms. The zero-order chi connectivity index (χ0) is 7.11. The maximum atomic E-state index is 10.3. The Morgan fingerprint density at radius 1 is 1.78 bits per heavy atom. The van der Waals surface area contributed by atoms with Crippen molar-refractivity contribution in [3.05, 3.63) is 30.7 Å². The van der Waals surface area contributed by atoms with Crippen LogP contribution in [0.1, 0.15) is 6.92 Å². The standard InChI is InChI=1S/C7H8O2/c1-3-5-6-9-7(8)4-2/h3-4,6H,2H2,1H3. The smallest absolute Gasteiger partial charge is 0.335 e. The highest BCUT2D eigenvalue weighted by Crippen LogP contribution is 1.77. The molecule has 0 N–H and O–H groups in total. The molecule has 0 radical (unpaired) electrons. The van der Waals surface area contributed by atoms with Crippen LogP contribution in [0.3, 0.4) is 0 Å². The fourth-order valence-electron chi connectivity index (χ4n) is 0.208. The van der Waals surface area contributed by atoms with Crippen molar-refractivity contribution >= 4 is 5.97 Å². The van der Waals surface area contributed by atoms with Crippen LogP contribution in [-0.2, 0) is 9.53 Å². The van der Waals surface area contributed by atoms with Gasteiger partial charge in [-0.15, -0.1) is 0 Å². The first-order valence-electron chi connectivity index (χ1n) is 2.50. The molecule has 0 spiro atoms. The largest absolute Gasteiger partial charge is 0.423 e. The quantitative estimate of drug-likeness (QED) is 0.241. The SMILES string of the molecule is C=CC(=O)OC=C=CC. The van der Waals surface area contributed by atoms with E-state index in [2.05, 4.69) is 17.0 Å². The zero-order valence-corrected chi connectivity index (χ0v) is 5.26. The van der Waals surface area contributed by atoms with E-state index in [0.29, 0.717) is 0 Å². The summed E-state index contributed by atoms with van der Waals surface area (Å²) in [7, 11) is 0. The molecule has 0 rings (SSSR count). The van der Waals surface area contributed by atoms with Crippen molar-refractivity contribution in [3.8, 4) is 0 Å². The van der Waals surface area contributed by atoms with E-state index in [1.165, 1.54) is 6.26 Å². The minimum atomic E-state index is -0.468. The molecule has 9 heavy (non-hydrogen) atoms. The zero-order valence-electron chi connectivity index (χ0n) is 5.26. The maximum absolute atomic E-state index is 10.3. The molecule has 0 atom stereocenters. The van der Waals surface area contributed by atoms with E-state index in [1.54, 1.807) is 13.0 Å². The molecule has 0 aromatic carbocycles. The molecule has 0 unspecified atom stereocenters. The number of hydrogen-bond acceptors (Lipinski definition) is 2. The molecule has 0 amide bonds. The van der Waals surface area contributed by atoms with Gasteiger partial charge in [-0.1, -0.05) is 12.3 Å². The number of ether oxygens (including phenoxy) is 1. The highest BCUT2D eigenvalue weighted by molar-refractivity contribution is 5.81. The molecule has 0 aliphatic heterocycles. The van der Waals surface area contributed by atoms with Crippen LogP contribution < -0.4 is 0 Å². The fourth-order valence-corrected chi connectivity index (χ4v) is 0.208. The van der Waals surface area contributed by atoms with E-state index in [9.17, 15) is 4.79 Å². The van der Waals surface area contributed by atoms with Gasteiger partial charge in [-0.25, -0.2) is 4.79 Å². The van der Waals surface area contributed by atoms with Crippen LogP contribution in [0, 0.1) is 0 Å². The molecule has 0 saturated carbocycles. The van der Waals surface area contributed by atoms with Gasteiger partial charge < -0.3 is 4.74 Å². The lowest BCUT2D eigenvalue weighted by atomic mass is 10.6. The van der Waals surface area contributed by atoms with Gasteiger partial charge >= 0.3 is 5.97 Å². The average Bonchev–Trinajstić information content (AvgIpc) is 1.89. The first-order valence-corrected chi connectivity index (χ1v) is 2.50. The van der Waals surface area contributed by atoms with E-state index in [-0.39, 0.29) is 0 Å². The Labute approximate surface area is 54.1 Å². The number of carbonyl (C=O) groups excluding carboxylic acids is 1. The summed E-state index contributed by atoms with van der Waals surface area (Å²) in [6, 6.07) is 0. The van der Waals surface area contributed by atoms with Crippen LogP contribution in [0.2, 0.25) is 0 Å². The lowest BCUT2D eigenvalue weighted by Gasteiger charge is -1.85. The summed E-state index contributed by atoms with van der Waals surface area (Å²) in [4.78, 5) is 10.3. The Hall–Kier alpha value is -1.27. The molecular weight excluding hydrogens is 116 g/mol. The van der Waals surface area contributed by atoms with Crippen molar-refractivity contribution in [1.82, 2.24) is 0 Å². The Balaban J connectivity index is 3.63. The van der Waals surface area contributed by atoms with Crippen molar-refractivity contribution in [2.24, 2.45) is 0 Å². The van der Waals surface area contributed by atoms with Gasteiger partial charge in [0.15, 0.2) is 0 Å². The molecule has 2 nitrogen and oxygen atoms in total. The number of carbonyl (C=O) groups is 1. The van der Waals surface area contributed by atoms with E-state index >= 15 is 0 Å². The van der Waals surface area contributed by atoms with Crippen LogP contribution in [0.4, 0.5) is 0 Å². The summed E-state index contributed by atoms with van der Waals surface area (Å²) in [6.07, 6.45) is 3.91. The van der Waals surface area contributed by atoms with Crippen molar-refractivity contribution in [1.29, 1.82) is 0 Å². The summed E-state index contributed by atoms with van der Waals surface area (Å²) in [6.45, 7) is 4.98. The van der Waals surface area contributed by atoms with Crippen molar-refractivity contribution in [3.63, 3.8) is 0 Å². The van der Waals surface area contributed by atoms with E-state index < -0.39 is 5.97 Å².